The minimum absolute atomic E-state index is 0.328. The molecule has 0 radical (unpaired) electrons. The Bertz CT molecular complexity index is 1110. The Morgan fingerprint density at radius 2 is 2.00 bits per heavy atom. The molecule has 1 aromatic heterocycles. The summed E-state index contributed by atoms with van der Waals surface area (Å²) in [5, 5.41) is 4.06. The van der Waals surface area contributed by atoms with Crippen LogP contribution in [0.25, 0.3) is 5.69 Å². The molecule has 1 amide bonds. The molecule has 8 heteroatoms. The second-order valence-corrected chi connectivity index (χ2v) is 8.38. The van der Waals surface area contributed by atoms with Gasteiger partial charge in [-0.3, -0.25) is 4.79 Å². The summed E-state index contributed by atoms with van der Waals surface area (Å²) in [5.41, 5.74) is 5.88. The van der Waals surface area contributed by atoms with Gasteiger partial charge in [0.25, 0.3) is 5.91 Å². The molecule has 1 N–H and O–H groups in total. The van der Waals surface area contributed by atoms with Crippen LogP contribution < -0.4 is 10.2 Å². The standard InChI is InChI=1S/C21H18BrFIN3O2/c1-12-8-15(13(2)27(12)19-7-5-16(22)10-17(19)23)11-25-26-21(28)14-4-6-18(24)20(9-14)29-3/h4-11H,1-3H3,(H,26,28)/b25-11-. The number of aryl methyl sites for hydroxylation is 1. The van der Waals surface area contributed by atoms with E-state index < -0.39 is 0 Å². The minimum atomic E-state index is -0.344. The van der Waals surface area contributed by atoms with E-state index in [1.807, 2.05) is 24.5 Å². The molecular formula is C21H18BrFIN3O2. The molecule has 3 rings (SSSR count). The van der Waals surface area contributed by atoms with E-state index in [1.165, 1.54) is 6.07 Å². The van der Waals surface area contributed by atoms with Crippen LogP contribution in [0.5, 0.6) is 5.75 Å². The average Bonchev–Trinajstić information content (AvgIpc) is 2.96. The van der Waals surface area contributed by atoms with E-state index in [-0.39, 0.29) is 11.7 Å². The number of carbonyl (C=O) groups excluding carboxylic acids is 1. The number of rotatable bonds is 5. The van der Waals surface area contributed by atoms with Crippen molar-refractivity contribution in [3.8, 4) is 11.4 Å². The third kappa shape index (κ3) is 4.69. The number of carbonyl (C=O) groups is 1. The van der Waals surface area contributed by atoms with Gasteiger partial charge in [0.1, 0.15) is 11.6 Å². The molecule has 0 aliphatic heterocycles. The second kappa shape index (κ2) is 9.08. The molecule has 2 aromatic carbocycles. The molecule has 29 heavy (non-hydrogen) atoms. The van der Waals surface area contributed by atoms with Crippen molar-refractivity contribution in [1.29, 1.82) is 0 Å². The first-order valence-corrected chi connectivity index (χ1v) is 10.5. The molecule has 0 saturated carbocycles. The van der Waals surface area contributed by atoms with Crippen LogP contribution in [-0.2, 0) is 0 Å². The van der Waals surface area contributed by atoms with Crippen molar-refractivity contribution in [3.63, 3.8) is 0 Å². The Morgan fingerprint density at radius 3 is 2.69 bits per heavy atom. The number of aromatic nitrogens is 1. The zero-order chi connectivity index (χ0) is 21.1. The van der Waals surface area contributed by atoms with Gasteiger partial charge in [-0.2, -0.15) is 5.10 Å². The van der Waals surface area contributed by atoms with Crippen molar-refractivity contribution in [2.24, 2.45) is 5.10 Å². The van der Waals surface area contributed by atoms with E-state index in [1.54, 1.807) is 43.7 Å². The third-order valence-electron chi connectivity index (χ3n) is 4.40. The maximum atomic E-state index is 14.4. The Kier molecular flexibility index (Phi) is 6.74. The van der Waals surface area contributed by atoms with Crippen LogP contribution >= 0.6 is 38.5 Å². The van der Waals surface area contributed by atoms with Crippen LogP contribution in [0, 0.1) is 23.2 Å². The van der Waals surface area contributed by atoms with Gasteiger partial charge in [0.15, 0.2) is 0 Å². The Balaban J connectivity index is 1.80. The van der Waals surface area contributed by atoms with Gasteiger partial charge in [-0.05, 0) is 78.9 Å². The second-order valence-electron chi connectivity index (χ2n) is 6.31. The van der Waals surface area contributed by atoms with Crippen molar-refractivity contribution >= 4 is 50.6 Å². The van der Waals surface area contributed by atoms with Crippen molar-refractivity contribution in [2.45, 2.75) is 13.8 Å². The van der Waals surface area contributed by atoms with Gasteiger partial charge >= 0.3 is 0 Å². The maximum absolute atomic E-state index is 14.4. The highest BCUT2D eigenvalue weighted by Crippen LogP contribution is 2.24. The maximum Gasteiger partial charge on any atom is 0.271 e. The normalized spacial score (nSPS) is 11.1. The summed E-state index contributed by atoms with van der Waals surface area (Å²) in [4.78, 5) is 12.3. The lowest BCUT2D eigenvalue weighted by atomic mass is 10.2. The lowest BCUT2D eigenvalue weighted by molar-refractivity contribution is 0.0954. The van der Waals surface area contributed by atoms with Gasteiger partial charge in [0.2, 0.25) is 0 Å². The summed E-state index contributed by atoms with van der Waals surface area (Å²) in [6, 6.07) is 12.0. The molecule has 0 bridgehead atoms. The predicted octanol–water partition coefficient (Wildman–Crippen LogP) is 5.37. The number of hydrazone groups is 1. The molecule has 0 fully saturated rings. The van der Waals surface area contributed by atoms with E-state index in [0.29, 0.717) is 21.5 Å². The first kappa shape index (κ1) is 21.5. The van der Waals surface area contributed by atoms with Crippen molar-refractivity contribution in [2.75, 3.05) is 7.11 Å². The number of hydrogen-bond acceptors (Lipinski definition) is 3. The summed E-state index contributed by atoms with van der Waals surface area (Å²) < 4.78 is 23.0. The number of halogens is 3. The van der Waals surface area contributed by atoms with Gasteiger partial charge in [-0.1, -0.05) is 15.9 Å². The van der Waals surface area contributed by atoms with Crippen LogP contribution in [-0.4, -0.2) is 23.8 Å². The molecule has 1 heterocycles. The Hall–Kier alpha value is -2.20. The van der Waals surface area contributed by atoms with E-state index in [0.717, 1.165) is 20.5 Å². The number of benzene rings is 2. The lowest BCUT2D eigenvalue weighted by Crippen LogP contribution is -2.17. The van der Waals surface area contributed by atoms with Crippen LogP contribution in [0.2, 0.25) is 0 Å². The Labute approximate surface area is 190 Å². The van der Waals surface area contributed by atoms with Crippen LogP contribution in [0.15, 0.2) is 52.0 Å². The van der Waals surface area contributed by atoms with Gasteiger partial charge in [-0.15, -0.1) is 0 Å². The molecule has 5 nitrogen and oxygen atoms in total. The lowest BCUT2D eigenvalue weighted by Gasteiger charge is -2.11. The van der Waals surface area contributed by atoms with Gasteiger partial charge in [0.05, 0.1) is 22.6 Å². The number of hydrogen-bond donors (Lipinski definition) is 1. The van der Waals surface area contributed by atoms with Gasteiger partial charge in [-0.25, -0.2) is 9.82 Å². The summed E-state index contributed by atoms with van der Waals surface area (Å²) >= 11 is 5.41. The zero-order valence-electron chi connectivity index (χ0n) is 16.0. The van der Waals surface area contributed by atoms with Crippen LogP contribution in [0.1, 0.15) is 27.3 Å². The Morgan fingerprint density at radius 1 is 1.24 bits per heavy atom. The fourth-order valence-corrected chi connectivity index (χ4v) is 3.87. The minimum Gasteiger partial charge on any atom is -0.496 e. The topological polar surface area (TPSA) is 55.6 Å². The molecule has 0 spiro atoms. The largest absolute Gasteiger partial charge is 0.496 e. The molecular weight excluding hydrogens is 552 g/mol. The molecule has 3 aromatic rings. The SMILES string of the molecule is COc1cc(C(=O)N/N=C\c2cc(C)n(-c3ccc(Br)cc3F)c2C)ccc1I. The highest BCUT2D eigenvalue weighted by molar-refractivity contribution is 14.1. The van der Waals surface area contributed by atoms with Crippen molar-refractivity contribution in [3.05, 3.63) is 78.8 Å². The quantitative estimate of drug-likeness (QED) is 0.255. The number of amides is 1. The van der Waals surface area contributed by atoms with E-state index >= 15 is 0 Å². The smallest absolute Gasteiger partial charge is 0.271 e. The van der Waals surface area contributed by atoms with Crippen molar-refractivity contribution < 1.29 is 13.9 Å². The molecule has 0 unspecified atom stereocenters. The fraction of sp³-hybridized carbons (Fsp3) is 0.143. The van der Waals surface area contributed by atoms with Crippen LogP contribution in [0.3, 0.4) is 0 Å². The number of methoxy groups -OCH3 is 1. The van der Waals surface area contributed by atoms with E-state index in [9.17, 15) is 9.18 Å². The third-order valence-corrected chi connectivity index (χ3v) is 5.79. The number of nitrogens with one attached hydrogen (secondary N) is 1. The first-order chi connectivity index (χ1) is 13.8. The summed E-state index contributed by atoms with van der Waals surface area (Å²) in [6.07, 6.45) is 1.55. The zero-order valence-corrected chi connectivity index (χ0v) is 19.7. The summed E-state index contributed by atoms with van der Waals surface area (Å²) in [6.45, 7) is 3.77. The number of ether oxygens (including phenoxy) is 1. The summed E-state index contributed by atoms with van der Waals surface area (Å²) in [5.74, 6) is -0.0448. The molecule has 0 saturated heterocycles. The van der Waals surface area contributed by atoms with Gasteiger partial charge in [0, 0.05) is 27.0 Å². The van der Waals surface area contributed by atoms with Crippen LogP contribution in [0.4, 0.5) is 4.39 Å². The van der Waals surface area contributed by atoms with E-state index in [4.69, 9.17) is 4.74 Å². The molecule has 0 aliphatic carbocycles. The van der Waals surface area contributed by atoms with Gasteiger partial charge < -0.3 is 9.30 Å². The monoisotopic (exact) mass is 569 g/mol. The molecule has 0 aliphatic rings. The number of nitrogens with zero attached hydrogens (tertiary/aromatic N) is 2. The average molecular weight is 570 g/mol. The highest BCUT2D eigenvalue weighted by atomic mass is 127. The van der Waals surface area contributed by atoms with E-state index in [2.05, 4.69) is 49.0 Å². The fourth-order valence-electron chi connectivity index (χ4n) is 2.98. The molecule has 150 valence electrons. The molecule has 0 atom stereocenters. The highest BCUT2D eigenvalue weighted by Gasteiger charge is 2.13. The first-order valence-electron chi connectivity index (χ1n) is 8.63. The van der Waals surface area contributed by atoms with Crippen molar-refractivity contribution in [1.82, 2.24) is 9.99 Å². The predicted molar refractivity (Wildman–Crippen MR) is 124 cm³/mol. The summed E-state index contributed by atoms with van der Waals surface area (Å²) in [7, 11) is 1.56.